The number of pyridine rings is 1. The van der Waals surface area contributed by atoms with Gasteiger partial charge < -0.3 is 10.6 Å². The Hall–Kier alpha value is -3.17. The summed E-state index contributed by atoms with van der Waals surface area (Å²) in [5.41, 5.74) is -2.06. The number of amides is 1. The van der Waals surface area contributed by atoms with Gasteiger partial charge in [-0.2, -0.15) is 0 Å². The molecule has 0 spiro atoms. The van der Waals surface area contributed by atoms with E-state index in [9.17, 15) is 26.0 Å². The molecule has 3 rings (SSSR count). The second-order valence-corrected chi connectivity index (χ2v) is 14.0. The van der Waals surface area contributed by atoms with E-state index in [1.807, 2.05) is 0 Å². The standard InChI is InChI=1S/C24H32F2N6O5S2/c1-6-32(38(34,35)14-15(2)3)13-21-24(4,30-23(27)31(5)39(21,36)37)18-11-17(8-9-19(18)26)29-22(33)20-10-7-16(25)12-28-20/h7-12,15,21H,6,13-14H2,1-5H3,(H2,27,30)(H,29,33)/t21-,24+/m0/s1. The summed E-state index contributed by atoms with van der Waals surface area (Å²) in [6.07, 6.45) is 0.863. The summed E-state index contributed by atoms with van der Waals surface area (Å²) in [5, 5.41) is 11.9. The van der Waals surface area contributed by atoms with E-state index < -0.39 is 60.9 Å². The number of rotatable bonds is 9. The Balaban J connectivity index is 2.08. The first-order chi connectivity index (χ1) is 18.0. The normalized spacial score (nSPS) is 21.2. The zero-order valence-corrected chi connectivity index (χ0v) is 23.8. The van der Waals surface area contributed by atoms with Crippen LogP contribution in [0.25, 0.3) is 0 Å². The van der Waals surface area contributed by atoms with Crippen molar-refractivity contribution in [2.75, 3.05) is 31.2 Å². The van der Waals surface area contributed by atoms with Crippen LogP contribution in [-0.2, 0) is 25.6 Å². The third kappa shape index (κ3) is 6.20. The number of hydrogen-bond acceptors (Lipinski definition) is 7. The number of hydrogen-bond donors (Lipinski definition) is 3. The summed E-state index contributed by atoms with van der Waals surface area (Å²) < 4.78 is 83.6. The number of sulfonamides is 2. The number of nitrogens with zero attached hydrogens (tertiary/aromatic N) is 3. The average Bonchev–Trinajstić information content (AvgIpc) is 2.83. The zero-order chi connectivity index (χ0) is 29.3. The van der Waals surface area contributed by atoms with Gasteiger partial charge in [0.05, 0.1) is 17.5 Å². The number of aromatic nitrogens is 1. The second-order valence-electron chi connectivity index (χ2n) is 9.81. The van der Waals surface area contributed by atoms with Gasteiger partial charge in [0, 0.05) is 31.4 Å². The van der Waals surface area contributed by atoms with E-state index in [1.165, 1.54) is 19.1 Å². The molecule has 1 saturated heterocycles. The molecule has 3 N–H and O–H groups in total. The molecule has 0 radical (unpaired) electrons. The number of carbonyl (C=O) groups excluding carboxylic acids is 1. The Bertz CT molecular complexity index is 1470. The predicted molar refractivity (Wildman–Crippen MR) is 143 cm³/mol. The highest BCUT2D eigenvalue weighted by atomic mass is 32.2. The van der Waals surface area contributed by atoms with Crippen LogP contribution < -0.4 is 10.6 Å². The Labute approximate surface area is 227 Å². The lowest BCUT2D eigenvalue weighted by molar-refractivity contribution is 0.102. The summed E-state index contributed by atoms with van der Waals surface area (Å²) in [7, 11) is -7.08. The highest BCUT2D eigenvalue weighted by molar-refractivity contribution is 7.90. The van der Waals surface area contributed by atoms with Gasteiger partial charge in [0.15, 0.2) is 0 Å². The minimum Gasteiger partial charge on any atom is -0.345 e. The molecule has 2 heterocycles. The maximum Gasteiger partial charge on any atom is 0.274 e. The van der Waals surface area contributed by atoms with Gasteiger partial charge in [-0.1, -0.05) is 20.8 Å². The maximum atomic E-state index is 15.4. The van der Waals surface area contributed by atoms with E-state index in [-0.39, 0.29) is 35.2 Å². The SMILES string of the molecule is CCN(C[C@H]1[C@@](C)(c2cc(NC(=O)c3ccc(F)cn3)ccc2F)NC(=N)N(C)S1(=O)=O)S(=O)(=O)CC(C)C. The number of benzene rings is 1. The number of carbonyl (C=O) groups is 1. The molecular formula is C24H32F2N6O5S2. The minimum absolute atomic E-state index is 0.0262. The Kier molecular flexibility index (Phi) is 8.67. The van der Waals surface area contributed by atoms with Crippen molar-refractivity contribution < 1.29 is 30.4 Å². The molecule has 2 aromatic rings. The van der Waals surface area contributed by atoms with Crippen molar-refractivity contribution in [3.05, 3.63) is 59.4 Å². The highest BCUT2D eigenvalue weighted by Crippen LogP contribution is 2.37. The Morgan fingerprint density at radius 1 is 1.28 bits per heavy atom. The second kappa shape index (κ2) is 11.1. The van der Waals surface area contributed by atoms with Crippen molar-refractivity contribution in [3.63, 3.8) is 0 Å². The highest BCUT2D eigenvalue weighted by Gasteiger charge is 2.53. The molecule has 39 heavy (non-hydrogen) atoms. The third-order valence-electron chi connectivity index (χ3n) is 6.48. The fraction of sp³-hybridized carbons (Fsp3) is 0.458. The van der Waals surface area contributed by atoms with Gasteiger partial charge in [-0.25, -0.2) is 39.2 Å². The van der Waals surface area contributed by atoms with Crippen molar-refractivity contribution in [1.29, 1.82) is 5.41 Å². The van der Waals surface area contributed by atoms with Crippen molar-refractivity contribution in [2.45, 2.75) is 38.5 Å². The van der Waals surface area contributed by atoms with Gasteiger partial charge in [-0.15, -0.1) is 0 Å². The molecular weight excluding hydrogens is 554 g/mol. The van der Waals surface area contributed by atoms with E-state index in [0.29, 0.717) is 4.31 Å². The smallest absolute Gasteiger partial charge is 0.274 e. The van der Waals surface area contributed by atoms with Gasteiger partial charge in [0.1, 0.15) is 22.6 Å². The molecule has 1 amide bonds. The van der Waals surface area contributed by atoms with Gasteiger partial charge >= 0.3 is 0 Å². The Morgan fingerprint density at radius 3 is 2.51 bits per heavy atom. The van der Waals surface area contributed by atoms with Gasteiger partial charge in [-0.05, 0) is 43.2 Å². The first-order valence-corrected chi connectivity index (χ1v) is 15.2. The molecule has 11 nitrogen and oxygen atoms in total. The lowest BCUT2D eigenvalue weighted by Gasteiger charge is -2.47. The van der Waals surface area contributed by atoms with Crippen LogP contribution in [0.3, 0.4) is 0 Å². The van der Waals surface area contributed by atoms with Crippen LogP contribution in [0, 0.1) is 23.0 Å². The molecule has 1 aliphatic heterocycles. The molecule has 214 valence electrons. The fourth-order valence-electron chi connectivity index (χ4n) is 4.40. The molecule has 0 saturated carbocycles. The van der Waals surface area contributed by atoms with E-state index in [0.717, 1.165) is 35.7 Å². The molecule has 1 aliphatic rings. The lowest BCUT2D eigenvalue weighted by Crippen LogP contribution is -2.68. The van der Waals surface area contributed by atoms with Crippen LogP contribution in [0.1, 0.15) is 43.7 Å². The van der Waals surface area contributed by atoms with Gasteiger partial charge in [0.25, 0.3) is 5.91 Å². The van der Waals surface area contributed by atoms with Crippen LogP contribution >= 0.6 is 0 Å². The van der Waals surface area contributed by atoms with Crippen molar-refractivity contribution in [2.24, 2.45) is 5.92 Å². The summed E-state index contributed by atoms with van der Waals surface area (Å²) in [4.78, 5) is 16.3. The molecule has 1 aromatic heterocycles. The van der Waals surface area contributed by atoms with Gasteiger partial charge in [0.2, 0.25) is 26.0 Å². The molecule has 0 unspecified atom stereocenters. The van der Waals surface area contributed by atoms with E-state index in [4.69, 9.17) is 5.41 Å². The maximum absolute atomic E-state index is 15.4. The van der Waals surface area contributed by atoms with Crippen LogP contribution in [0.2, 0.25) is 0 Å². The molecule has 2 atom stereocenters. The Morgan fingerprint density at radius 2 is 1.95 bits per heavy atom. The molecule has 0 aliphatic carbocycles. The minimum atomic E-state index is -4.36. The molecule has 15 heteroatoms. The molecule has 0 bridgehead atoms. The number of guanidine groups is 1. The van der Waals surface area contributed by atoms with E-state index >= 15 is 4.39 Å². The van der Waals surface area contributed by atoms with Gasteiger partial charge in [-0.3, -0.25) is 10.2 Å². The topological polar surface area (TPSA) is 153 Å². The van der Waals surface area contributed by atoms with Crippen molar-refractivity contribution in [1.82, 2.24) is 18.9 Å². The fourth-order valence-corrected chi connectivity index (χ4v) is 8.14. The largest absolute Gasteiger partial charge is 0.345 e. The number of anilines is 1. The third-order valence-corrected chi connectivity index (χ3v) is 11.0. The molecule has 1 aromatic carbocycles. The molecule has 1 fully saturated rings. The average molecular weight is 587 g/mol. The monoisotopic (exact) mass is 586 g/mol. The van der Waals surface area contributed by atoms with Crippen LogP contribution in [0.4, 0.5) is 14.5 Å². The predicted octanol–water partition coefficient (Wildman–Crippen LogP) is 2.30. The summed E-state index contributed by atoms with van der Waals surface area (Å²) in [6, 6.07) is 5.70. The van der Waals surface area contributed by atoms with Crippen LogP contribution in [0.15, 0.2) is 36.5 Å². The zero-order valence-electron chi connectivity index (χ0n) is 22.2. The summed E-state index contributed by atoms with van der Waals surface area (Å²) in [5.74, 6) is -3.16. The first-order valence-electron chi connectivity index (χ1n) is 12.1. The number of nitrogens with one attached hydrogen (secondary N) is 3. The van der Waals surface area contributed by atoms with E-state index in [2.05, 4.69) is 15.6 Å². The lowest BCUT2D eigenvalue weighted by atomic mass is 9.87. The summed E-state index contributed by atoms with van der Waals surface area (Å²) in [6.45, 7) is 5.85. The van der Waals surface area contributed by atoms with E-state index in [1.54, 1.807) is 20.8 Å². The van der Waals surface area contributed by atoms with Crippen LogP contribution in [0.5, 0.6) is 0 Å². The first kappa shape index (κ1) is 30.4. The summed E-state index contributed by atoms with van der Waals surface area (Å²) >= 11 is 0. The van der Waals surface area contributed by atoms with Crippen molar-refractivity contribution >= 4 is 37.6 Å². The van der Waals surface area contributed by atoms with Crippen molar-refractivity contribution in [3.8, 4) is 0 Å². The van der Waals surface area contributed by atoms with Crippen LogP contribution in [-0.4, -0.2) is 73.4 Å². The quantitative estimate of drug-likeness (QED) is 0.408. The number of halogens is 2.